The summed E-state index contributed by atoms with van der Waals surface area (Å²) in [7, 11) is 0. The van der Waals surface area contributed by atoms with Crippen molar-refractivity contribution in [2.24, 2.45) is 0 Å². The van der Waals surface area contributed by atoms with Crippen molar-refractivity contribution in [3.63, 3.8) is 0 Å². The summed E-state index contributed by atoms with van der Waals surface area (Å²) in [6, 6.07) is 14.2. The Kier molecular flexibility index (Phi) is 15.3. The number of para-hydroxylation sites is 1. The van der Waals surface area contributed by atoms with Crippen LogP contribution in [0.15, 0.2) is 71.9 Å². The molecule has 1 aromatic carbocycles. The molecule has 0 radical (unpaired) electrons. The minimum Gasteiger partial charge on any atom is -0.379 e. The summed E-state index contributed by atoms with van der Waals surface area (Å²) in [6.45, 7) is 9.77. The van der Waals surface area contributed by atoms with Crippen LogP contribution in [0.3, 0.4) is 0 Å². The van der Waals surface area contributed by atoms with E-state index in [4.69, 9.17) is 14.5 Å². The highest BCUT2D eigenvalue weighted by atomic mass is 16.5. The summed E-state index contributed by atoms with van der Waals surface area (Å²) >= 11 is 0. The molecule has 1 aliphatic heterocycles. The van der Waals surface area contributed by atoms with Crippen molar-refractivity contribution in [1.29, 1.82) is 0 Å². The summed E-state index contributed by atoms with van der Waals surface area (Å²) < 4.78 is 12.8. The van der Waals surface area contributed by atoms with E-state index in [-0.39, 0.29) is 66.8 Å². The number of benzene rings is 1. The molecule has 4 N–H and O–H groups in total. The number of nitrogens with zero attached hydrogens (tertiary/aromatic N) is 7. The number of aromatic nitrogens is 5. The largest absolute Gasteiger partial charge is 0.379 e. The number of fused-ring (bicyclic) bond motifs is 1. The summed E-state index contributed by atoms with van der Waals surface area (Å²) in [5.74, 6) is 0.292. The van der Waals surface area contributed by atoms with Crippen molar-refractivity contribution < 1.29 is 28.7 Å². The van der Waals surface area contributed by atoms with E-state index < -0.39 is 0 Å². The minimum atomic E-state index is -0.380. The van der Waals surface area contributed by atoms with E-state index in [9.17, 15) is 24.0 Å². The van der Waals surface area contributed by atoms with Crippen molar-refractivity contribution in [2.75, 3.05) is 86.5 Å². The van der Waals surface area contributed by atoms with E-state index >= 15 is 0 Å². The highest BCUT2D eigenvalue weighted by molar-refractivity contribution is 6.09. The van der Waals surface area contributed by atoms with E-state index in [1.807, 2.05) is 25.1 Å². The highest BCUT2D eigenvalue weighted by Gasteiger charge is 2.26. The lowest BCUT2D eigenvalue weighted by atomic mass is 10.0. The number of hydrogen-bond acceptors (Lipinski definition) is 14. The van der Waals surface area contributed by atoms with Gasteiger partial charge in [0, 0.05) is 56.5 Å². The zero-order valence-corrected chi connectivity index (χ0v) is 36.5. The number of rotatable bonds is 19. The Bertz CT molecular complexity index is 2500. The highest BCUT2D eigenvalue weighted by Crippen LogP contribution is 2.32. The summed E-state index contributed by atoms with van der Waals surface area (Å²) in [6.07, 6.45) is 9.01. The molecule has 64 heavy (non-hydrogen) atoms. The van der Waals surface area contributed by atoms with E-state index in [1.54, 1.807) is 60.4 Å². The maximum absolute atomic E-state index is 13.6. The number of hydrogen-bond donors (Lipinski definition) is 4. The molecule has 336 valence electrons. The molecule has 18 heteroatoms. The molecule has 5 aromatic rings. The van der Waals surface area contributed by atoms with Gasteiger partial charge < -0.3 is 35.6 Å². The average molecular weight is 874 g/mol. The molecule has 3 amide bonds. The first-order valence-corrected chi connectivity index (χ1v) is 21.7. The van der Waals surface area contributed by atoms with E-state index in [0.29, 0.717) is 78.3 Å². The summed E-state index contributed by atoms with van der Waals surface area (Å²) in [4.78, 5) is 86.4. The number of aryl methyl sites for hydroxylation is 2. The standard InChI is InChI=1S/C46H55N11O7/c1-30-12-14-38(48-26-30)52-44(61)35-10-6-7-11-37(35)51-40(59)16-22-63-24-25-64-23-17-47-41(60)29-55-18-20-56(21-19-55)34-13-15-39(49-27-34)53-46-50-28-36-31(2)42(32(3)58)45(62)57(43(36)54-46)33-8-4-5-9-33/h6-7,10-15,26-28,33H,4-5,8-9,16-25,29H2,1-3H3,(H,47,60)(H,51,59)(H,48,52,61)(H,49,50,53,54). The Morgan fingerprint density at radius 2 is 1.52 bits per heavy atom. The van der Waals surface area contributed by atoms with Gasteiger partial charge in [0.15, 0.2) is 5.78 Å². The molecule has 18 nitrogen and oxygen atoms in total. The maximum Gasteiger partial charge on any atom is 0.263 e. The number of anilines is 5. The Morgan fingerprint density at radius 1 is 0.781 bits per heavy atom. The van der Waals surface area contributed by atoms with Crippen molar-refractivity contribution in [1.82, 2.24) is 34.7 Å². The molecule has 1 aliphatic carbocycles. The molecule has 0 unspecified atom stereocenters. The Labute approximate surface area is 371 Å². The van der Waals surface area contributed by atoms with Gasteiger partial charge in [0.05, 0.1) is 68.1 Å². The number of carbonyl (C=O) groups excluding carboxylic acids is 4. The molecule has 4 aromatic heterocycles. The first-order valence-electron chi connectivity index (χ1n) is 21.7. The van der Waals surface area contributed by atoms with Gasteiger partial charge in [-0.15, -0.1) is 0 Å². The van der Waals surface area contributed by atoms with Crippen LogP contribution < -0.4 is 31.7 Å². The second kappa shape index (κ2) is 21.6. The molecule has 1 saturated heterocycles. The number of piperazine rings is 1. The number of pyridine rings is 3. The molecular weight excluding hydrogens is 819 g/mol. The van der Waals surface area contributed by atoms with Gasteiger partial charge in [-0.3, -0.25) is 33.4 Å². The number of amides is 3. The van der Waals surface area contributed by atoms with Crippen molar-refractivity contribution in [3.8, 4) is 0 Å². The van der Waals surface area contributed by atoms with Crippen LogP contribution in [0.4, 0.5) is 29.0 Å². The van der Waals surface area contributed by atoms with Crippen LogP contribution in [0.25, 0.3) is 11.0 Å². The van der Waals surface area contributed by atoms with Crippen LogP contribution in [-0.4, -0.2) is 119 Å². The Morgan fingerprint density at radius 3 is 2.23 bits per heavy atom. The van der Waals surface area contributed by atoms with Crippen LogP contribution in [-0.2, 0) is 19.1 Å². The number of ether oxygens (including phenoxy) is 2. The van der Waals surface area contributed by atoms with Crippen LogP contribution in [0.2, 0.25) is 0 Å². The van der Waals surface area contributed by atoms with Gasteiger partial charge in [0.1, 0.15) is 17.3 Å². The number of ketones is 1. The van der Waals surface area contributed by atoms with E-state index in [0.717, 1.165) is 50.0 Å². The van der Waals surface area contributed by atoms with Crippen molar-refractivity contribution in [2.45, 2.75) is 58.9 Å². The van der Waals surface area contributed by atoms with Crippen LogP contribution in [0, 0.1) is 13.8 Å². The first kappa shape index (κ1) is 45.4. The van der Waals surface area contributed by atoms with Gasteiger partial charge in [-0.25, -0.2) is 15.0 Å². The fraction of sp³-hybridized carbons (Fsp3) is 0.413. The van der Waals surface area contributed by atoms with Crippen LogP contribution in [0.1, 0.15) is 76.9 Å². The smallest absolute Gasteiger partial charge is 0.263 e. The SMILES string of the molecule is CC(=O)c1c(C)c2cnc(Nc3ccc(N4CCN(CC(=O)NCCOCCOCCC(=O)Nc5ccccc5C(=O)Nc5ccc(C)cn5)CC4)cn3)nc2n(C2CCCC2)c1=O. The van der Waals surface area contributed by atoms with Crippen molar-refractivity contribution in [3.05, 3.63) is 99.7 Å². The fourth-order valence-electron chi connectivity index (χ4n) is 7.97. The topological polar surface area (TPSA) is 215 Å². The lowest BCUT2D eigenvalue weighted by Gasteiger charge is -2.35. The second-order valence-corrected chi connectivity index (χ2v) is 16.0. The number of Topliss-reactive ketones (excluding diaryl/α,β-unsaturated/α-hetero) is 1. The van der Waals surface area contributed by atoms with Gasteiger partial charge in [-0.2, -0.15) is 4.98 Å². The van der Waals surface area contributed by atoms with Gasteiger partial charge >= 0.3 is 0 Å². The zero-order valence-electron chi connectivity index (χ0n) is 36.5. The van der Waals surface area contributed by atoms with E-state index in [1.165, 1.54) is 6.92 Å². The predicted molar refractivity (Wildman–Crippen MR) is 243 cm³/mol. The van der Waals surface area contributed by atoms with Crippen LogP contribution in [0.5, 0.6) is 0 Å². The third kappa shape index (κ3) is 11.7. The number of nitrogens with one attached hydrogen (secondary N) is 4. The normalized spacial score (nSPS) is 14.4. The maximum atomic E-state index is 13.6. The molecule has 2 aliphatic rings. The third-order valence-electron chi connectivity index (χ3n) is 11.4. The van der Waals surface area contributed by atoms with Gasteiger partial charge in [0.2, 0.25) is 17.8 Å². The molecule has 0 atom stereocenters. The first-order chi connectivity index (χ1) is 31.0. The molecule has 7 rings (SSSR count). The zero-order chi connectivity index (χ0) is 45.0. The minimum absolute atomic E-state index is 0.00685. The number of carbonyl (C=O) groups is 4. The molecule has 0 spiro atoms. The Balaban J connectivity index is 0.763. The Hall–Kier alpha value is -6.63. The van der Waals surface area contributed by atoms with Gasteiger partial charge in [-0.05, 0) is 75.1 Å². The van der Waals surface area contributed by atoms with E-state index in [2.05, 4.69) is 46.0 Å². The van der Waals surface area contributed by atoms with Gasteiger partial charge in [-0.1, -0.05) is 31.0 Å². The van der Waals surface area contributed by atoms with Gasteiger partial charge in [0.25, 0.3) is 11.5 Å². The monoisotopic (exact) mass is 873 g/mol. The van der Waals surface area contributed by atoms with Crippen molar-refractivity contribution >= 4 is 63.5 Å². The molecule has 5 heterocycles. The molecule has 1 saturated carbocycles. The third-order valence-corrected chi connectivity index (χ3v) is 11.4. The molecular formula is C46H55N11O7. The lowest BCUT2D eigenvalue weighted by molar-refractivity contribution is -0.122. The molecule has 0 bridgehead atoms. The fourth-order valence-corrected chi connectivity index (χ4v) is 7.97. The summed E-state index contributed by atoms with van der Waals surface area (Å²) in [5, 5.41) is 12.3. The average Bonchev–Trinajstić information content (AvgIpc) is 3.82. The summed E-state index contributed by atoms with van der Waals surface area (Å²) in [5.41, 5.74) is 3.68. The lowest BCUT2D eigenvalue weighted by Crippen LogP contribution is -2.49. The van der Waals surface area contributed by atoms with Crippen LogP contribution >= 0.6 is 0 Å². The second-order valence-electron chi connectivity index (χ2n) is 16.0. The molecule has 2 fully saturated rings. The predicted octanol–water partition coefficient (Wildman–Crippen LogP) is 4.81. The quantitative estimate of drug-likeness (QED) is 0.0648.